The van der Waals surface area contributed by atoms with E-state index in [1.54, 1.807) is 19.2 Å². The maximum Gasteiger partial charge on any atom is 0.256 e. The molecule has 0 aliphatic heterocycles. The molecule has 2 saturated carbocycles. The highest BCUT2D eigenvalue weighted by Crippen LogP contribution is 2.36. The Kier molecular flexibility index (Phi) is 3.09. The van der Waals surface area contributed by atoms with Crippen LogP contribution in [-0.4, -0.2) is 30.5 Å². The average Bonchev–Trinajstić information content (AvgIpc) is 3.28. The summed E-state index contributed by atoms with van der Waals surface area (Å²) >= 11 is 0. The third-order valence-electron chi connectivity index (χ3n) is 3.92. The number of amides is 1. The van der Waals surface area contributed by atoms with Crippen molar-refractivity contribution in [1.29, 1.82) is 0 Å². The molecular weight excluding hydrogens is 240 g/mol. The highest BCUT2D eigenvalue weighted by Gasteiger charge is 2.37. The zero-order chi connectivity index (χ0) is 13.4. The fraction of sp³-hybridized carbons (Fsp3) is 0.533. The van der Waals surface area contributed by atoms with E-state index < -0.39 is 0 Å². The van der Waals surface area contributed by atoms with Gasteiger partial charge in [-0.05, 0) is 43.7 Å². The first-order valence-electron chi connectivity index (χ1n) is 6.94. The number of carbonyl (C=O) groups excluding carboxylic acids is 1. The fourth-order valence-corrected chi connectivity index (χ4v) is 2.43. The predicted molar refractivity (Wildman–Crippen MR) is 74.2 cm³/mol. The van der Waals surface area contributed by atoms with Crippen LogP contribution >= 0.6 is 0 Å². The molecule has 0 unspecified atom stereocenters. The number of rotatable bonds is 5. The minimum Gasteiger partial charge on any atom is -0.495 e. The van der Waals surface area contributed by atoms with Gasteiger partial charge in [0.2, 0.25) is 0 Å². The van der Waals surface area contributed by atoms with Crippen LogP contribution in [0.15, 0.2) is 18.2 Å². The van der Waals surface area contributed by atoms with Gasteiger partial charge in [0.05, 0.1) is 18.4 Å². The van der Waals surface area contributed by atoms with Crippen molar-refractivity contribution in [2.45, 2.75) is 31.7 Å². The summed E-state index contributed by atoms with van der Waals surface area (Å²) in [5.74, 6) is 1.34. The topological polar surface area (TPSA) is 55.6 Å². The number of nitrogen functional groups attached to an aromatic ring is 1. The van der Waals surface area contributed by atoms with Gasteiger partial charge in [0.25, 0.3) is 5.91 Å². The van der Waals surface area contributed by atoms with Crippen LogP contribution in [0.3, 0.4) is 0 Å². The molecule has 2 fully saturated rings. The zero-order valence-corrected chi connectivity index (χ0v) is 11.3. The maximum absolute atomic E-state index is 12.7. The van der Waals surface area contributed by atoms with Crippen LogP contribution in [-0.2, 0) is 0 Å². The smallest absolute Gasteiger partial charge is 0.256 e. The fourth-order valence-electron chi connectivity index (χ4n) is 2.43. The van der Waals surface area contributed by atoms with Crippen LogP contribution in [0, 0.1) is 5.92 Å². The van der Waals surface area contributed by atoms with Gasteiger partial charge in [-0.3, -0.25) is 4.79 Å². The lowest BCUT2D eigenvalue weighted by atomic mass is 10.1. The van der Waals surface area contributed by atoms with E-state index in [9.17, 15) is 4.79 Å². The molecule has 0 aromatic heterocycles. The van der Waals surface area contributed by atoms with Gasteiger partial charge in [0.1, 0.15) is 5.75 Å². The third-order valence-corrected chi connectivity index (χ3v) is 3.92. The third kappa shape index (κ3) is 2.53. The summed E-state index contributed by atoms with van der Waals surface area (Å²) in [6, 6.07) is 5.83. The molecule has 19 heavy (non-hydrogen) atoms. The van der Waals surface area contributed by atoms with Gasteiger partial charge in [-0.15, -0.1) is 0 Å². The molecule has 2 N–H and O–H groups in total. The summed E-state index contributed by atoms with van der Waals surface area (Å²) in [4.78, 5) is 14.7. The van der Waals surface area contributed by atoms with Gasteiger partial charge in [-0.2, -0.15) is 0 Å². The lowest BCUT2D eigenvalue weighted by Crippen LogP contribution is -2.35. The van der Waals surface area contributed by atoms with Gasteiger partial charge in [0.15, 0.2) is 0 Å². The summed E-state index contributed by atoms with van der Waals surface area (Å²) in [6.07, 6.45) is 4.76. The summed E-state index contributed by atoms with van der Waals surface area (Å²) in [5, 5.41) is 0. The van der Waals surface area contributed by atoms with Gasteiger partial charge in [-0.1, -0.05) is 6.07 Å². The molecule has 2 aliphatic rings. The van der Waals surface area contributed by atoms with Gasteiger partial charge < -0.3 is 15.4 Å². The average molecular weight is 260 g/mol. The SMILES string of the molecule is COc1cccc(C(=O)N(CC2CC2)C2CC2)c1N. The number of hydrogen-bond acceptors (Lipinski definition) is 3. The monoisotopic (exact) mass is 260 g/mol. The Morgan fingerprint density at radius 2 is 2.11 bits per heavy atom. The van der Waals surface area contributed by atoms with E-state index in [4.69, 9.17) is 10.5 Å². The molecule has 0 spiro atoms. The summed E-state index contributed by atoms with van der Waals surface area (Å²) in [6.45, 7) is 0.889. The predicted octanol–water partition coefficient (Wildman–Crippen LogP) is 2.29. The Balaban J connectivity index is 1.84. The van der Waals surface area contributed by atoms with Gasteiger partial charge in [0, 0.05) is 12.6 Å². The normalized spacial score (nSPS) is 18.2. The van der Waals surface area contributed by atoms with E-state index in [-0.39, 0.29) is 5.91 Å². The van der Waals surface area contributed by atoms with Crippen molar-refractivity contribution in [1.82, 2.24) is 4.90 Å². The van der Waals surface area contributed by atoms with Crippen molar-refractivity contribution < 1.29 is 9.53 Å². The molecule has 0 bridgehead atoms. The zero-order valence-electron chi connectivity index (χ0n) is 11.3. The van der Waals surface area contributed by atoms with Crippen molar-refractivity contribution >= 4 is 11.6 Å². The molecular formula is C15H20N2O2. The van der Waals surface area contributed by atoms with Crippen LogP contribution in [0.4, 0.5) is 5.69 Å². The quantitative estimate of drug-likeness (QED) is 0.826. The van der Waals surface area contributed by atoms with E-state index in [1.165, 1.54) is 12.8 Å². The Morgan fingerprint density at radius 3 is 2.68 bits per heavy atom. The molecule has 1 aromatic carbocycles. The summed E-state index contributed by atoms with van der Waals surface area (Å²) in [7, 11) is 1.57. The number of hydrogen-bond donors (Lipinski definition) is 1. The second-order valence-corrected chi connectivity index (χ2v) is 5.55. The van der Waals surface area contributed by atoms with Crippen molar-refractivity contribution in [3.05, 3.63) is 23.8 Å². The Labute approximate surface area is 113 Å². The molecule has 1 aromatic rings. The first kappa shape index (κ1) is 12.3. The number of benzene rings is 1. The molecule has 0 saturated heterocycles. The minimum absolute atomic E-state index is 0.0609. The Bertz CT molecular complexity index is 493. The van der Waals surface area contributed by atoms with Crippen molar-refractivity contribution in [2.24, 2.45) is 5.92 Å². The molecule has 0 atom stereocenters. The number of nitrogens with two attached hydrogens (primary N) is 1. The largest absolute Gasteiger partial charge is 0.495 e. The van der Waals surface area contributed by atoms with E-state index in [0.29, 0.717) is 29.0 Å². The highest BCUT2D eigenvalue weighted by molar-refractivity contribution is 6.00. The van der Waals surface area contributed by atoms with Crippen LogP contribution in [0.25, 0.3) is 0 Å². The molecule has 4 heteroatoms. The lowest BCUT2D eigenvalue weighted by molar-refractivity contribution is 0.0735. The number of para-hydroxylation sites is 1. The number of anilines is 1. The van der Waals surface area contributed by atoms with E-state index in [1.807, 2.05) is 11.0 Å². The molecule has 0 radical (unpaired) electrons. The molecule has 3 rings (SSSR count). The van der Waals surface area contributed by atoms with E-state index >= 15 is 0 Å². The second-order valence-electron chi connectivity index (χ2n) is 5.55. The van der Waals surface area contributed by atoms with Gasteiger partial charge >= 0.3 is 0 Å². The Morgan fingerprint density at radius 1 is 1.37 bits per heavy atom. The number of nitrogens with zero attached hydrogens (tertiary/aromatic N) is 1. The number of methoxy groups -OCH3 is 1. The van der Waals surface area contributed by atoms with Crippen molar-refractivity contribution in [3.63, 3.8) is 0 Å². The Hall–Kier alpha value is -1.71. The molecule has 4 nitrogen and oxygen atoms in total. The van der Waals surface area contributed by atoms with Crippen LogP contribution in [0.2, 0.25) is 0 Å². The standard InChI is InChI=1S/C15H20N2O2/c1-19-13-4-2-3-12(14(13)16)15(18)17(11-7-8-11)9-10-5-6-10/h2-4,10-11H,5-9,16H2,1H3. The van der Waals surface area contributed by atoms with Crippen molar-refractivity contribution in [2.75, 3.05) is 19.4 Å². The summed E-state index contributed by atoms with van der Waals surface area (Å²) < 4.78 is 5.19. The summed E-state index contributed by atoms with van der Waals surface area (Å²) in [5.41, 5.74) is 7.06. The molecule has 1 amide bonds. The van der Waals surface area contributed by atoms with Gasteiger partial charge in [-0.25, -0.2) is 0 Å². The number of carbonyl (C=O) groups is 1. The minimum atomic E-state index is 0.0609. The lowest BCUT2D eigenvalue weighted by Gasteiger charge is -2.23. The van der Waals surface area contributed by atoms with Crippen LogP contribution < -0.4 is 10.5 Å². The molecule has 0 heterocycles. The van der Waals surface area contributed by atoms with E-state index in [2.05, 4.69) is 0 Å². The van der Waals surface area contributed by atoms with Crippen LogP contribution in [0.5, 0.6) is 5.75 Å². The molecule has 2 aliphatic carbocycles. The second kappa shape index (κ2) is 4.76. The van der Waals surface area contributed by atoms with E-state index in [0.717, 1.165) is 19.4 Å². The first-order chi connectivity index (χ1) is 9.20. The maximum atomic E-state index is 12.7. The van der Waals surface area contributed by atoms with Crippen molar-refractivity contribution in [3.8, 4) is 5.75 Å². The van der Waals surface area contributed by atoms with Crippen LogP contribution in [0.1, 0.15) is 36.0 Å². The first-order valence-corrected chi connectivity index (χ1v) is 6.94. The highest BCUT2D eigenvalue weighted by atomic mass is 16.5. The molecule has 102 valence electrons. The number of ether oxygens (including phenoxy) is 1.